The van der Waals surface area contributed by atoms with Crippen molar-refractivity contribution in [3.8, 4) is 17.2 Å². The molecule has 0 aliphatic heterocycles. The average molecular weight is 239 g/mol. The van der Waals surface area contributed by atoms with Gasteiger partial charge in [0.25, 0.3) is 0 Å². The van der Waals surface area contributed by atoms with E-state index in [2.05, 4.69) is 4.98 Å². The van der Waals surface area contributed by atoms with Crippen LogP contribution in [-0.2, 0) is 0 Å². The Hall–Kier alpha value is -2.29. The van der Waals surface area contributed by atoms with Crippen LogP contribution in [0.3, 0.4) is 0 Å². The minimum Gasteiger partial charge on any atom is -0.507 e. The molecule has 0 saturated carbocycles. The van der Waals surface area contributed by atoms with Crippen LogP contribution in [0.15, 0.2) is 40.8 Å². The van der Waals surface area contributed by atoms with Crippen LogP contribution in [-0.4, -0.2) is 10.1 Å². The Balaban J connectivity index is 2.22. The van der Waals surface area contributed by atoms with E-state index in [1.807, 2.05) is 44.2 Å². The minimum atomic E-state index is 0.184. The van der Waals surface area contributed by atoms with E-state index in [1.165, 1.54) is 0 Å². The maximum atomic E-state index is 9.87. The molecule has 0 saturated heterocycles. The van der Waals surface area contributed by atoms with E-state index >= 15 is 0 Å². The molecular weight excluding hydrogens is 226 g/mol. The van der Waals surface area contributed by atoms with Gasteiger partial charge in [0.05, 0.1) is 5.56 Å². The Morgan fingerprint density at radius 3 is 2.56 bits per heavy atom. The van der Waals surface area contributed by atoms with Crippen molar-refractivity contribution in [3.63, 3.8) is 0 Å². The normalized spacial score (nSPS) is 11.0. The van der Waals surface area contributed by atoms with Crippen LogP contribution in [0.1, 0.15) is 11.1 Å². The molecule has 0 amide bonds. The lowest BCUT2D eigenvalue weighted by Crippen LogP contribution is -1.80. The molecule has 0 aliphatic rings. The highest BCUT2D eigenvalue weighted by Crippen LogP contribution is 2.31. The second-order valence-corrected chi connectivity index (χ2v) is 4.51. The van der Waals surface area contributed by atoms with Gasteiger partial charge in [-0.25, -0.2) is 4.98 Å². The van der Waals surface area contributed by atoms with E-state index in [9.17, 15) is 5.11 Å². The number of aromatic nitrogens is 1. The number of aromatic hydroxyl groups is 1. The number of fused-ring (bicyclic) bond motifs is 1. The Morgan fingerprint density at radius 2 is 1.72 bits per heavy atom. The topological polar surface area (TPSA) is 46.3 Å². The van der Waals surface area contributed by atoms with Crippen molar-refractivity contribution in [2.45, 2.75) is 13.8 Å². The Morgan fingerprint density at radius 1 is 1.00 bits per heavy atom. The number of rotatable bonds is 1. The fourth-order valence-corrected chi connectivity index (χ4v) is 1.97. The maximum absolute atomic E-state index is 9.87. The molecule has 1 aromatic heterocycles. The number of hydrogen-bond acceptors (Lipinski definition) is 3. The summed E-state index contributed by atoms with van der Waals surface area (Å²) in [5, 5.41) is 9.87. The van der Waals surface area contributed by atoms with Gasteiger partial charge in [0, 0.05) is 0 Å². The lowest BCUT2D eigenvalue weighted by atomic mass is 10.1. The molecule has 3 rings (SSSR count). The van der Waals surface area contributed by atoms with E-state index in [0.717, 1.165) is 22.2 Å². The summed E-state index contributed by atoms with van der Waals surface area (Å²) in [6, 6.07) is 11.2. The molecule has 0 bridgehead atoms. The molecule has 0 fully saturated rings. The van der Waals surface area contributed by atoms with Crippen molar-refractivity contribution in [2.75, 3.05) is 0 Å². The Labute approximate surface area is 105 Å². The number of nitrogens with zero attached hydrogens (tertiary/aromatic N) is 1. The SMILES string of the molecule is Cc1ccc(O)c(-c2nc3ccc(C)cc3o2)c1. The maximum Gasteiger partial charge on any atom is 0.231 e. The fourth-order valence-electron chi connectivity index (χ4n) is 1.97. The van der Waals surface area contributed by atoms with Crippen LogP contribution in [0.2, 0.25) is 0 Å². The number of benzene rings is 2. The monoisotopic (exact) mass is 239 g/mol. The van der Waals surface area contributed by atoms with Crippen LogP contribution in [0.25, 0.3) is 22.6 Å². The molecule has 1 N–H and O–H groups in total. The van der Waals surface area contributed by atoms with Crippen molar-refractivity contribution in [2.24, 2.45) is 0 Å². The summed E-state index contributed by atoms with van der Waals surface area (Å²) in [6.45, 7) is 3.97. The third kappa shape index (κ3) is 1.74. The smallest absolute Gasteiger partial charge is 0.231 e. The first-order valence-corrected chi connectivity index (χ1v) is 5.81. The van der Waals surface area contributed by atoms with Gasteiger partial charge in [-0.3, -0.25) is 0 Å². The van der Waals surface area contributed by atoms with Crippen LogP contribution < -0.4 is 0 Å². The van der Waals surface area contributed by atoms with Crippen molar-refractivity contribution in [1.29, 1.82) is 0 Å². The zero-order valence-corrected chi connectivity index (χ0v) is 10.3. The molecule has 3 heteroatoms. The summed E-state index contributed by atoms with van der Waals surface area (Å²) in [4.78, 5) is 4.40. The van der Waals surface area contributed by atoms with E-state index in [1.54, 1.807) is 6.07 Å². The van der Waals surface area contributed by atoms with E-state index in [4.69, 9.17) is 4.42 Å². The number of aryl methyl sites for hydroxylation is 2. The molecule has 0 spiro atoms. The standard InChI is InChI=1S/C15H13NO2/c1-9-4-6-13(17)11(7-9)15-16-12-5-3-10(2)8-14(12)18-15/h3-8,17H,1-2H3. The van der Waals surface area contributed by atoms with Gasteiger partial charge in [-0.15, -0.1) is 0 Å². The fraction of sp³-hybridized carbons (Fsp3) is 0.133. The third-order valence-electron chi connectivity index (χ3n) is 2.93. The first-order chi connectivity index (χ1) is 8.63. The zero-order valence-electron chi connectivity index (χ0n) is 10.3. The number of phenolic OH excluding ortho intramolecular Hbond substituents is 1. The summed E-state index contributed by atoms with van der Waals surface area (Å²) in [6.07, 6.45) is 0. The molecule has 90 valence electrons. The molecule has 2 aromatic carbocycles. The number of hydrogen-bond donors (Lipinski definition) is 1. The second kappa shape index (κ2) is 3.88. The van der Waals surface area contributed by atoms with Gasteiger partial charge < -0.3 is 9.52 Å². The van der Waals surface area contributed by atoms with E-state index in [-0.39, 0.29) is 5.75 Å². The molecule has 1 heterocycles. The summed E-state index contributed by atoms with van der Waals surface area (Å²) in [5.74, 6) is 0.640. The Bertz CT molecular complexity index is 728. The molecule has 3 aromatic rings. The number of phenols is 1. The quantitative estimate of drug-likeness (QED) is 0.702. The molecule has 0 aliphatic carbocycles. The van der Waals surface area contributed by atoms with Crippen molar-refractivity contribution in [3.05, 3.63) is 47.5 Å². The average Bonchev–Trinajstić information content (AvgIpc) is 2.74. The third-order valence-corrected chi connectivity index (χ3v) is 2.93. The lowest BCUT2D eigenvalue weighted by Gasteiger charge is -2.00. The van der Waals surface area contributed by atoms with Crippen molar-refractivity contribution >= 4 is 11.1 Å². The highest BCUT2D eigenvalue weighted by atomic mass is 16.3. The summed E-state index contributed by atoms with van der Waals surface area (Å²) >= 11 is 0. The van der Waals surface area contributed by atoms with Crippen LogP contribution in [0, 0.1) is 13.8 Å². The number of oxazole rings is 1. The Kier molecular flexibility index (Phi) is 2.33. The van der Waals surface area contributed by atoms with Gasteiger partial charge in [-0.1, -0.05) is 17.7 Å². The second-order valence-electron chi connectivity index (χ2n) is 4.51. The van der Waals surface area contributed by atoms with Gasteiger partial charge in [0.15, 0.2) is 5.58 Å². The molecular formula is C15H13NO2. The summed E-state index contributed by atoms with van der Waals surface area (Å²) in [5.41, 5.74) is 4.35. The van der Waals surface area contributed by atoms with Gasteiger partial charge in [-0.05, 0) is 43.7 Å². The van der Waals surface area contributed by atoms with Gasteiger partial charge in [0.2, 0.25) is 5.89 Å². The largest absolute Gasteiger partial charge is 0.507 e. The predicted molar refractivity (Wildman–Crippen MR) is 70.6 cm³/mol. The van der Waals surface area contributed by atoms with Crippen LogP contribution in [0.4, 0.5) is 0 Å². The highest BCUT2D eigenvalue weighted by Gasteiger charge is 2.12. The van der Waals surface area contributed by atoms with Gasteiger partial charge >= 0.3 is 0 Å². The highest BCUT2D eigenvalue weighted by molar-refractivity contribution is 5.78. The predicted octanol–water partition coefficient (Wildman–Crippen LogP) is 3.82. The van der Waals surface area contributed by atoms with Gasteiger partial charge in [0.1, 0.15) is 11.3 Å². The molecule has 0 atom stereocenters. The lowest BCUT2D eigenvalue weighted by molar-refractivity contribution is 0.474. The minimum absolute atomic E-state index is 0.184. The van der Waals surface area contributed by atoms with Gasteiger partial charge in [-0.2, -0.15) is 0 Å². The molecule has 18 heavy (non-hydrogen) atoms. The van der Waals surface area contributed by atoms with E-state index < -0.39 is 0 Å². The van der Waals surface area contributed by atoms with Crippen LogP contribution in [0.5, 0.6) is 5.75 Å². The first kappa shape index (κ1) is 10.8. The molecule has 3 nitrogen and oxygen atoms in total. The molecule has 0 unspecified atom stereocenters. The first-order valence-electron chi connectivity index (χ1n) is 5.81. The van der Waals surface area contributed by atoms with E-state index in [0.29, 0.717) is 11.5 Å². The zero-order chi connectivity index (χ0) is 12.7. The summed E-state index contributed by atoms with van der Waals surface area (Å²) in [7, 11) is 0. The van der Waals surface area contributed by atoms with Crippen molar-refractivity contribution in [1.82, 2.24) is 4.98 Å². The molecule has 0 radical (unpaired) electrons. The summed E-state index contributed by atoms with van der Waals surface area (Å²) < 4.78 is 5.70. The van der Waals surface area contributed by atoms with Crippen molar-refractivity contribution < 1.29 is 9.52 Å². The van der Waals surface area contributed by atoms with Crippen LogP contribution >= 0.6 is 0 Å².